The van der Waals surface area contributed by atoms with E-state index in [1.165, 1.54) is 10.1 Å². The third-order valence-corrected chi connectivity index (χ3v) is 11.5. The average Bonchev–Trinajstić information content (AvgIpc) is 3.03. The van der Waals surface area contributed by atoms with E-state index in [0.29, 0.717) is 38.8 Å². The molecule has 0 atom stereocenters. The number of piperidine rings is 2. The molecule has 0 bridgehead atoms. The molecule has 0 aromatic heterocycles. The van der Waals surface area contributed by atoms with Crippen LogP contribution < -0.4 is 10.6 Å². The predicted octanol–water partition coefficient (Wildman–Crippen LogP) is 8.36. The predicted molar refractivity (Wildman–Crippen MR) is 214 cm³/mol. The van der Waals surface area contributed by atoms with Crippen LogP contribution in [0, 0.1) is 5.41 Å². The summed E-state index contributed by atoms with van der Waals surface area (Å²) in [7, 11) is 0. The highest BCUT2D eigenvalue weighted by atomic mass is 16.5. The van der Waals surface area contributed by atoms with Gasteiger partial charge < -0.3 is 31.3 Å². The van der Waals surface area contributed by atoms with Crippen molar-refractivity contribution in [2.24, 2.45) is 5.41 Å². The molecule has 2 aliphatic rings. The number of nitrogens with zero attached hydrogens (tertiary/aromatic N) is 2. The first-order valence-electron chi connectivity index (χ1n) is 20.2. The van der Waals surface area contributed by atoms with Crippen molar-refractivity contribution in [2.45, 2.75) is 186 Å². The molecule has 0 amide bonds. The van der Waals surface area contributed by atoms with Crippen LogP contribution >= 0.6 is 0 Å². The first-order valence-corrected chi connectivity index (χ1v) is 20.2. The average molecular weight is 751 g/mol. The van der Waals surface area contributed by atoms with E-state index >= 15 is 0 Å². The lowest BCUT2D eigenvalue weighted by atomic mass is 9.72. The molecule has 54 heavy (non-hydrogen) atoms. The number of hydrogen-bond acceptors (Lipinski definition) is 8. The molecular weight excluding hydrogens is 681 g/mol. The van der Waals surface area contributed by atoms with Crippen molar-refractivity contribution >= 4 is 11.9 Å². The second kappa shape index (κ2) is 17.9. The molecule has 6 N–H and O–H groups in total. The van der Waals surface area contributed by atoms with E-state index in [0.717, 1.165) is 73.6 Å². The van der Waals surface area contributed by atoms with Gasteiger partial charge in [0.2, 0.25) is 0 Å². The van der Waals surface area contributed by atoms with E-state index in [9.17, 15) is 25.1 Å². The van der Waals surface area contributed by atoms with Gasteiger partial charge in [-0.15, -0.1) is 0 Å². The van der Waals surface area contributed by atoms with Crippen LogP contribution in [0.1, 0.15) is 148 Å². The summed E-state index contributed by atoms with van der Waals surface area (Å²) in [5.41, 5.74) is 2.45. The number of hydrogen-bond donors (Lipinski definition) is 6. The normalized spacial score (nSPS) is 20.0. The molecule has 10 nitrogen and oxygen atoms in total. The summed E-state index contributed by atoms with van der Waals surface area (Å²) in [6, 6.07) is 16.1. The van der Waals surface area contributed by atoms with Crippen LogP contribution in [-0.2, 0) is 35.5 Å². The molecular formula is C44H70N4O6. The van der Waals surface area contributed by atoms with E-state index in [1.54, 1.807) is 0 Å². The van der Waals surface area contributed by atoms with Crippen molar-refractivity contribution in [1.82, 2.24) is 20.8 Å². The van der Waals surface area contributed by atoms with Gasteiger partial charge in [-0.2, -0.15) is 10.1 Å². The first kappa shape index (κ1) is 43.9. The number of benzene rings is 2. The van der Waals surface area contributed by atoms with Gasteiger partial charge in [0.1, 0.15) is 0 Å². The third-order valence-electron chi connectivity index (χ3n) is 11.5. The van der Waals surface area contributed by atoms with Crippen LogP contribution in [0.15, 0.2) is 48.5 Å². The maximum absolute atomic E-state index is 13.3. The lowest BCUT2D eigenvalue weighted by Crippen LogP contribution is -2.61. The maximum atomic E-state index is 13.3. The summed E-state index contributed by atoms with van der Waals surface area (Å²) < 4.78 is 0. The van der Waals surface area contributed by atoms with Gasteiger partial charge in [0.05, 0.1) is 5.41 Å². The Hall–Kier alpha value is -2.86. The Kier molecular flexibility index (Phi) is 14.6. The minimum absolute atomic E-state index is 0.0235. The molecule has 0 unspecified atom stereocenters. The van der Waals surface area contributed by atoms with Crippen LogP contribution in [0.3, 0.4) is 0 Å². The Morgan fingerprint density at radius 2 is 0.926 bits per heavy atom. The number of aliphatic carboxylic acids is 2. The summed E-state index contributed by atoms with van der Waals surface area (Å²) in [5, 5.41) is 52.4. The summed E-state index contributed by atoms with van der Waals surface area (Å²) in [6.45, 7) is 18.2. The van der Waals surface area contributed by atoms with Crippen molar-refractivity contribution in [3.8, 4) is 0 Å². The Morgan fingerprint density at radius 1 is 0.593 bits per heavy atom. The van der Waals surface area contributed by atoms with Crippen LogP contribution in [0.4, 0.5) is 0 Å². The Labute approximate surface area is 324 Å². The van der Waals surface area contributed by atoms with Crippen LogP contribution in [-0.4, -0.2) is 76.9 Å². The molecule has 2 saturated heterocycles. The molecule has 0 spiro atoms. The van der Waals surface area contributed by atoms with Crippen molar-refractivity contribution in [3.63, 3.8) is 0 Å². The first-order chi connectivity index (χ1) is 25.1. The highest BCUT2D eigenvalue weighted by molar-refractivity contribution is 5.75. The van der Waals surface area contributed by atoms with Gasteiger partial charge in [-0.25, -0.2) is 0 Å². The molecule has 10 heteroatoms. The monoisotopic (exact) mass is 751 g/mol. The standard InChI is InChI=1S/C44H70N4O6/c1-40(2)26-36(27-41(3,4)45-40)47(53)30-34-19-15-32(16-20-34)24-44(39(51)52,23-13-11-9-10-12-14-38(49)50)25-33-17-21-35(22-18-33)31-48(54)37-28-42(5,6)46-43(7,8)29-37/h15-22,36-37,45-46,53-54H,9-14,23-31H2,1-8H3,(H,49,50)(H,51,52). The lowest BCUT2D eigenvalue weighted by Gasteiger charge is -2.48. The molecule has 0 aliphatic carbocycles. The zero-order valence-corrected chi connectivity index (χ0v) is 34.4. The number of carbonyl (C=O) groups is 2. The molecule has 0 saturated carbocycles. The van der Waals surface area contributed by atoms with Gasteiger partial charge in [-0.1, -0.05) is 74.2 Å². The lowest BCUT2D eigenvalue weighted by molar-refractivity contribution is -0.156. The minimum atomic E-state index is -1.03. The van der Waals surface area contributed by atoms with Crippen LogP contribution in [0.5, 0.6) is 0 Å². The number of hydroxylamine groups is 4. The fraction of sp³-hybridized carbons (Fsp3) is 0.682. The van der Waals surface area contributed by atoms with Gasteiger partial charge in [-0.3, -0.25) is 9.59 Å². The SMILES string of the molecule is CC1(C)CC(N(O)Cc2ccc(CC(CCCCCCCC(=O)O)(Cc3ccc(CN(O)C4CC(C)(C)NC(C)(C)C4)cc3)C(=O)O)cc2)CC(C)(C)N1. The van der Waals surface area contributed by atoms with Crippen LogP contribution in [0.25, 0.3) is 0 Å². The second-order valence-corrected chi connectivity index (χ2v) is 19.3. The number of carboxylic acids is 2. The largest absolute Gasteiger partial charge is 0.481 e. The summed E-state index contributed by atoms with van der Waals surface area (Å²) >= 11 is 0. The molecule has 2 fully saturated rings. The van der Waals surface area contributed by atoms with Crippen LogP contribution in [0.2, 0.25) is 0 Å². The van der Waals surface area contributed by atoms with Gasteiger partial charge in [-0.05, 0) is 129 Å². The molecule has 0 radical (unpaired) electrons. The van der Waals surface area contributed by atoms with Crippen molar-refractivity contribution in [3.05, 3.63) is 70.8 Å². The van der Waals surface area contributed by atoms with Gasteiger partial charge in [0.25, 0.3) is 0 Å². The minimum Gasteiger partial charge on any atom is -0.481 e. The zero-order valence-electron chi connectivity index (χ0n) is 34.4. The fourth-order valence-corrected chi connectivity index (χ4v) is 9.66. The Balaban J connectivity index is 1.46. The molecule has 2 aromatic rings. The highest BCUT2D eigenvalue weighted by Crippen LogP contribution is 2.36. The van der Waals surface area contributed by atoms with Crippen molar-refractivity contribution < 1.29 is 30.2 Å². The fourth-order valence-electron chi connectivity index (χ4n) is 9.66. The molecule has 302 valence electrons. The second-order valence-electron chi connectivity index (χ2n) is 19.3. The topological polar surface area (TPSA) is 146 Å². The smallest absolute Gasteiger partial charge is 0.310 e. The molecule has 4 rings (SSSR count). The van der Waals surface area contributed by atoms with Gasteiger partial charge >= 0.3 is 11.9 Å². The zero-order chi connectivity index (χ0) is 40.0. The number of carboxylic acid groups (broad SMARTS) is 2. The molecule has 2 aliphatic heterocycles. The van der Waals surface area contributed by atoms with Crippen molar-refractivity contribution in [2.75, 3.05) is 0 Å². The van der Waals surface area contributed by atoms with Gasteiger partial charge in [0.15, 0.2) is 0 Å². The molecule has 2 heterocycles. The Bertz CT molecular complexity index is 1400. The third kappa shape index (κ3) is 13.4. The highest BCUT2D eigenvalue weighted by Gasteiger charge is 2.42. The summed E-state index contributed by atoms with van der Waals surface area (Å²) in [4.78, 5) is 24.2. The number of nitrogens with one attached hydrogen (secondary N) is 2. The van der Waals surface area contributed by atoms with E-state index in [2.05, 4.69) is 66.0 Å². The quantitative estimate of drug-likeness (QED) is 0.0612. The summed E-state index contributed by atoms with van der Waals surface area (Å²) in [6.07, 6.45) is 8.64. The van der Waals surface area contributed by atoms with E-state index in [4.69, 9.17) is 5.11 Å². The number of rotatable bonds is 19. The number of unbranched alkanes of at least 4 members (excludes halogenated alkanes) is 4. The Morgan fingerprint density at radius 3 is 1.28 bits per heavy atom. The van der Waals surface area contributed by atoms with E-state index in [-0.39, 0.29) is 40.7 Å². The maximum Gasteiger partial charge on any atom is 0.310 e. The van der Waals surface area contributed by atoms with E-state index in [1.807, 2.05) is 48.5 Å². The van der Waals surface area contributed by atoms with Crippen molar-refractivity contribution in [1.29, 1.82) is 0 Å². The summed E-state index contributed by atoms with van der Waals surface area (Å²) in [5.74, 6) is -1.61. The molecule has 2 aromatic carbocycles. The van der Waals surface area contributed by atoms with E-state index < -0.39 is 17.4 Å². The van der Waals surface area contributed by atoms with Gasteiger partial charge in [0, 0.05) is 53.7 Å².